The predicted octanol–water partition coefficient (Wildman–Crippen LogP) is 2.95. The van der Waals surface area contributed by atoms with E-state index in [1.54, 1.807) is 36.1 Å². The third-order valence-corrected chi connectivity index (χ3v) is 6.63. The van der Waals surface area contributed by atoms with Crippen LogP contribution < -0.4 is 9.46 Å². The monoisotopic (exact) mass is 406 g/mol. The summed E-state index contributed by atoms with van der Waals surface area (Å²) in [5.74, 6) is -0.114. The molecule has 1 heterocycles. The molecule has 0 spiro atoms. The highest BCUT2D eigenvalue weighted by atomic mass is 32.2. The minimum Gasteiger partial charge on any atom is -0.484 e. The first kappa shape index (κ1) is 20.1. The first-order valence-electron chi connectivity index (χ1n) is 9.08. The van der Waals surface area contributed by atoms with Gasteiger partial charge >= 0.3 is 0 Å². The smallest absolute Gasteiger partial charge is 0.260 e. The van der Waals surface area contributed by atoms with Gasteiger partial charge in [-0.25, -0.2) is 12.8 Å². The molecule has 3 rings (SSSR count). The number of benzene rings is 2. The molecule has 1 aliphatic heterocycles. The maximum Gasteiger partial charge on any atom is 0.260 e. The van der Waals surface area contributed by atoms with Crippen LogP contribution in [-0.4, -0.2) is 44.2 Å². The van der Waals surface area contributed by atoms with Crippen LogP contribution in [0.4, 0.5) is 10.1 Å². The lowest BCUT2D eigenvalue weighted by atomic mass is 10.1. The second-order valence-corrected chi connectivity index (χ2v) is 8.75. The van der Waals surface area contributed by atoms with Crippen LogP contribution >= 0.6 is 0 Å². The summed E-state index contributed by atoms with van der Waals surface area (Å²) in [5.41, 5.74) is 0.978. The zero-order valence-electron chi connectivity index (χ0n) is 15.6. The highest BCUT2D eigenvalue weighted by molar-refractivity contribution is 7.93. The van der Waals surface area contributed by atoms with Gasteiger partial charge in [0.2, 0.25) is 10.0 Å². The van der Waals surface area contributed by atoms with Crippen molar-refractivity contribution in [2.24, 2.45) is 0 Å². The molecular formula is C20H23FN2O4S. The molecule has 1 N–H and O–H groups in total. The van der Waals surface area contributed by atoms with Gasteiger partial charge in [0.1, 0.15) is 11.6 Å². The number of piperidine rings is 1. The van der Waals surface area contributed by atoms with Crippen molar-refractivity contribution in [3.8, 4) is 5.75 Å². The van der Waals surface area contributed by atoms with Crippen LogP contribution in [0.3, 0.4) is 0 Å². The molecule has 1 fully saturated rings. The minimum absolute atomic E-state index is 0.162. The Morgan fingerprint density at radius 1 is 1.18 bits per heavy atom. The van der Waals surface area contributed by atoms with E-state index in [0.717, 1.165) is 0 Å². The Labute approximate surface area is 164 Å². The number of ether oxygens (including phenoxy) is 1. The summed E-state index contributed by atoms with van der Waals surface area (Å²) in [4.78, 5) is 13.9. The zero-order valence-corrected chi connectivity index (χ0v) is 16.4. The molecule has 0 bridgehead atoms. The molecule has 2 aromatic rings. The van der Waals surface area contributed by atoms with Crippen LogP contribution in [0.1, 0.15) is 18.4 Å². The largest absolute Gasteiger partial charge is 0.484 e. The number of nitrogens with one attached hydrogen (secondary N) is 1. The molecule has 8 heteroatoms. The number of carbonyl (C=O) groups excluding carboxylic acids is 1. The number of para-hydroxylation sites is 1. The molecule has 0 saturated carbocycles. The van der Waals surface area contributed by atoms with Gasteiger partial charge in [-0.1, -0.05) is 18.2 Å². The van der Waals surface area contributed by atoms with E-state index in [2.05, 4.69) is 4.72 Å². The van der Waals surface area contributed by atoms with Crippen LogP contribution in [0.2, 0.25) is 0 Å². The lowest BCUT2D eigenvalue weighted by Gasteiger charge is -2.31. The van der Waals surface area contributed by atoms with Crippen LogP contribution in [-0.2, 0) is 14.8 Å². The Bertz CT molecular complexity index is 926. The Balaban J connectivity index is 1.50. The van der Waals surface area contributed by atoms with Crippen LogP contribution in [0, 0.1) is 12.7 Å². The van der Waals surface area contributed by atoms with Crippen LogP contribution in [0.15, 0.2) is 48.5 Å². The maximum atomic E-state index is 13.3. The van der Waals surface area contributed by atoms with E-state index in [0.29, 0.717) is 42.9 Å². The SMILES string of the molecule is Cc1cc(OCC(=O)N2CCC(S(=O)(=O)Nc3ccccc3)CC2)ccc1F. The van der Waals surface area contributed by atoms with E-state index < -0.39 is 15.3 Å². The van der Waals surface area contributed by atoms with Crippen molar-refractivity contribution in [1.29, 1.82) is 0 Å². The second-order valence-electron chi connectivity index (χ2n) is 6.79. The summed E-state index contributed by atoms with van der Waals surface area (Å²) >= 11 is 0. The van der Waals surface area contributed by atoms with Gasteiger partial charge in [0, 0.05) is 18.8 Å². The molecule has 6 nitrogen and oxygen atoms in total. The van der Waals surface area contributed by atoms with Gasteiger partial charge in [0.15, 0.2) is 6.61 Å². The maximum absolute atomic E-state index is 13.3. The number of aryl methyl sites for hydroxylation is 1. The first-order valence-corrected chi connectivity index (χ1v) is 10.6. The molecule has 1 amide bonds. The molecule has 150 valence electrons. The van der Waals surface area contributed by atoms with Crippen molar-refractivity contribution in [2.75, 3.05) is 24.4 Å². The first-order chi connectivity index (χ1) is 13.3. The second kappa shape index (κ2) is 8.60. The van der Waals surface area contributed by atoms with Crippen LogP contribution in [0.25, 0.3) is 0 Å². The zero-order chi connectivity index (χ0) is 20.1. The normalized spacial score (nSPS) is 15.3. The van der Waals surface area contributed by atoms with Gasteiger partial charge < -0.3 is 9.64 Å². The number of carbonyl (C=O) groups is 1. The van der Waals surface area contributed by atoms with Gasteiger partial charge in [-0.15, -0.1) is 0 Å². The number of halogens is 1. The molecule has 2 aromatic carbocycles. The molecule has 28 heavy (non-hydrogen) atoms. The highest BCUT2D eigenvalue weighted by Gasteiger charge is 2.31. The average molecular weight is 406 g/mol. The number of rotatable bonds is 6. The topological polar surface area (TPSA) is 75.7 Å². The molecule has 0 unspecified atom stereocenters. The van der Waals surface area contributed by atoms with Crippen molar-refractivity contribution in [1.82, 2.24) is 4.90 Å². The fourth-order valence-corrected chi connectivity index (χ4v) is 4.58. The molecule has 1 aliphatic rings. The van der Waals surface area contributed by atoms with E-state index in [4.69, 9.17) is 4.74 Å². The average Bonchev–Trinajstić information content (AvgIpc) is 2.69. The number of hydrogen-bond donors (Lipinski definition) is 1. The summed E-state index contributed by atoms with van der Waals surface area (Å²) in [5, 5.41) is -0.544. The van der Waals surface area contributed by atoms with Crippen molar-refractivity contribution in [3.05, 3.63) is 59.9 Å². The van der Waals surface area contributed by atoms with E-state index in [9.17, 15) is 17.6 Å². The van der Waals surface area contributed by atoms with Gasteiger partial charge in [-0.05, 0) is 55.7 Å². The lowest BCUT2D eigenvalue weighted by Crippen LogP contribution is -2.45. The Kier molecular flexibility index (Phi) is 6.18. The van der Waals surface area contributed by atoms with E-state index in [1.165, 1.54) is 18.2 Å². The Morgan fingerprint density at radius 2 is 1.86 bits per heavy atom. The van der Waals surface area contributed by atoms with Crippen molar-refractivity contribution in [3.63, 3.8) is 0 Å². The lowest BCUT2D eigenvalue weighted by molar-refractivity contribution is -0.134. The highest BCUT2D eigenvalue weighted by Crippen LogP contribution is 2.21. The summed E-state index contributed by atoms with van der Waals surface area (Å²) in [6.45, 7) is 2.17. The number of sulfonamides is 1. The standard InChI is InChI=1S/C20H23FN2O4S/c1-15-13-17(7-8-19(15)21)27-14-20(24)23-11-9-18(10-12-23)28(25,26)22-16-5-3-2-4-6-16/h2-8,13,18,22H,9-12,14H2,1H3. The Morgan fingerprint density at radius 3 is 2.50 bits per heavy atom. The molecule has 0 radical (unpaired) electrons. The van der Waals surface area contributed by atoms with Crippen molar-refractivity contribution < 1.29 is 22.3 Å². The fraction of sp³-hybridized carbons (Fsp3) is 0.350. The summed E-state index contributed by atoms with van der Waals surface area (Å²) in [7, 11) is -3.50. The molecule has 1 saturated heterocycles. The minimum atomic E-state index is -3.50. The predicted molar refractivity (Wildman–Crippen MR) is 105 cm³/mol. The van der Waals surface area contributed by atoms with Crippen molar-refractivity contribution in [2.45, 2.75) is 25.0 Å². The third-order valence-electron chi connectivity index (χ3n) is 4.76. The third kappa shape index (κ3) is 5.01. The number of amides is 1. The number of nitrogens with zero attached hydrogens (tertiary/aromatic N) is 1. The number of hydrogen-bond acceptors (Lipinski definition) is 4. The van der Waals surface area contributed by atoms with Gasteiger partial charge in [0.25, 0.3) is 5.91 Å². The van der Waals surface area contributed by atoms with E-state index in [1.807, 2.05) is 6.07 Å². The number of likely N-dealkylation sites (tertiary alicyclic amines) is 1. The van der Waals surface area contributed by atoms with Gasteiger partial charge in [-0.3, -0.25) is 9.52 Å². The molecule has 0 aromatic heterocycles. The summed E-state index contributed by atoms with van der Waals surface area (Å²) in [6.07, 6.45) is 0.729. The van der Waals surface area contributed by atoms with Gasteiger partial charge in [0.05, 0.1) is 5.25 Å². The van der Waals surface area contributed by atoms with E-state index in [-0.39, 0.29) is 18.3 Å². The van der Waals surface area contributed by atoms with Crippen molar-refractivity contribution >= 4 is 21.6 Å². The molecular weight excluding hydrogens is 383 g/mol. The van der Waals surface area contributed by atoms with Crippen LogP contribution in [0.5, 0.6) is 5.75 Å². The summed E-state index contributed by atoms with van der Waals surface area (Å²) in [6, 6.07) is 13.1. The summed E-state index contributed by atoms with van der Waals surface area (Å²) < 4.78 is 46.4. The van der Waals surface area contributed by atoms with Gasteiger partial charge in [-0.2, -0.15) is 0 Å². The van der Waals surface area contributed by atoms with E-state index >= 15 is 0 Å². The molecule has 0 atom stereocenters. The quantitative estimate of drug-likeness (QED) is 0.800. The molecule has 0 aliphatic carbocycles. The number of anilines is 1. The Hall–Kier alpha value is -2.61. The fourth-order valence-electron chi connectivity index (χ4n) is 3.11.